The zero-order valence-electron chi connectivity index (χ0n) is 11.5. The second kappa shape index (κ2) is 5.34. The SMILES string of the molecule is Nc1c(C#Cc2ccc3c(c2)CCC3)cccc1C(=O)O. The van der Waals surface area contributed by atoms with E-state index in [1.807, 2.05) is 6.07 Å². The number of hydrogen-bond donors (Lipinski definition) is 2. The minimum atomic E-state index is -1.03. The number of nitrogens with two attached hydrogens (primary N) is 1. The summed E-state index contributed by atoms with van der Waals surface area (Å²) in [5, 5.41) is 9.05. The third-order valence-corrected chi connectivity index (χ3v) is 3.78. The Morgan fingerprint density at radius 3 is 2.71 bits per heavy atom. The van der Waals surface area contributed by atoms with Gasteiger partial charge in [-0.2, -0.15) is 0 Å². The topological polar surface area (TPSA) is 63.3 Å². The molecule has 0 aromatic heterocycles. The van der Waals surface area contributed by atoms with Gasteiger partial charge in [-0.1, -0.05) is 24.0 Å². The van der Waals surface area contributed by atoms with E-state index in [1.165, 1.54) is 23.6 Å². The van der Waals surface area contributed by atoms with Crippen LogP contribution in [0.3, 0.4) is 0 Å². The molecule has 0 fully saturated rings. The monoisotopic (exact) mass is 277 g/mol. The number of benzene rings is 2. The Morgan fingerprint density at radius 2 is 1.90 bits per heavy atom. The highest BCUT2D eigenvalue weighted by Crippen LogP contribution is 2.22. The molecular weight excluding hydrogens is 262 g/mol. The van der Waals surface area contributed by atoms with Crippen molar-refractivity contribution in [2.75, 3.05) is 5.73 Å². The number of carbonyl (C=O) groups is 1. The standard InChI is InChI=1S/C18H15NO2/c19-17-14(4-2-6-16(17)18(20)21)10-8-12-7-9-13-3-1-5-15(13)11-12/h2,4,6-7,9,11H,1,3,5,19H2,(H,20,21). The number of rotatable bonds is 1. The number of para-hydroxylation sites is 1. The zero-order chi connectivity index (χ0) is 14.8. The first-order chi connectivity index (χ1) is 10.1. The largest absolute Gasteiger partial charge is 0.478 e. The molecule has 0 bridgehead atoms. The van der Waals surface area contributed by atoms with Crippen LogP contribution in [0.1, 0.15) is 39.0 Å². The fourth-order valence-electron chi connectivity index (χ4n) is 2.65. The molecule has 0 heterocycles. The zero-order valence-corrected chi connectivity index (χ0v) is 11.5. The molecule has 0 unspecified atom stereocenters. The molecule has 0 saturated carbocycles. The van der Waals surface area contributed by atoms with Gasteiger partial charge in [0.05, 0.1) is 11.3 Å². The van der Waals surface area contributed by atoms with Gasteiger partial charge in [-0.25, -0.2) is 4.79 Å². The molecule has 0 atom stereocenters. The van der Waals surface area contributed by atoms with Gasteiger partial charge in [-0.15, -0.1) is 0 Å². The summed E-state index contributed by atoms with van der Waals surface area (Å²) in [6.45, 7) is 0. The van der Waals surface area contributed by atoms with Gasteiger partial charge >= 0.3 is 5.97 Å². The van der Waals surface area contributed by atoms with E-state index in [2.05, 4.69) is 24.0 Å². The number of anilines is 1. The molecule has 0 spiro atoms. The van der Waals surface area contributed by atoms with Crippen LogP contribution in [0.5, 0.6) is 0 Å². The van der Waals surface area contributed by atoms with Crippen LogP contribution in [0.4, 0.5) is 5.69 Å². The van der Waals surface area contributed by atoms with Crippen molar-refractivity contribution in [1.82, 2.24) is 0 Å². The molecule has 0 saturated heterocycles. The van der Waals surface area contributed by atoms with Crippen LogP contribution in [0.2, 0.25) is 0 Å². The first-order valence-electron chi connectivity index (χ1n) is 6.91. The Hall–Kier alpha value is -2.73. The van der Waals surface area contributed by atoms with E-state index < -0.39 is 5.97 Å². The number of aryl methyl sites for hydroxylation is 2. The highest BCUT2D eigenvalue weighted by Gasteiger charge is 2.11. The number of hydrogen-bond acceptors (Lipinski definition) is 2. The van der Waals surface area contributed by atoms with E-state index in [4.69, 9.17) is 10.8 Å². The predicted molar refractivity (Wildman–Crippen MR) is 82.3 cm³/mol. The first-order valence-corrected chi connectivity index (χ1v) is 6.91. The summed E-state index contributed by atoms with van der Waals surface area (Å²) in [6, 6.07) is 11.1. The van der Waals surface area contributed by atoms with Gasteiger partial charge in [0.15, 0.2) is 0 Å². The number of nitrogen functional groups attached to an aromatic ring is 1. The maximum Gasteiger partial charge on any atom is 0.337 e. The van der Waals surface area contributed by atoms with Gasteiger partial charge < -0.3 is 10.8 Å². The summed E-state index contributed by atoms with van der Waals surface area (Å²) in [5.41, 5.74) is 10.4. The van der Waals surface area contributed by atoms with Gasteiger partial charge in [-0.05, 0) is 54.7 Å². The lowest BCUT2D eigenvalue weighted by Gasteiger charge is -2.02. The fraction of sp³-hybridized carbons (Fsp3) is 0.167. The molecule has 0 radical (unpaired) electrons. The Kier molecular flexibility index (Phi) is 3.37. The predicted octanol–water partition coefficient (Wildman–Crippen LogP) is 2.86. The van der Waals surface area contributed by atoms with Crippen molar-refractivity contribution in [3.05, 3.63) is 64.2 Å². The van der Waals surface area contributed by atoms with Gasteiger partial charge in [0.2, 0.25) is 0 Å². The molecule has 3 nitrogen and oxygen atoms in total. The molecule has 3 rings (SSSR count). The van der Waals surface area contributed by atoms with Crippen molar-refractivity contribution in [1.29, 1.82) is 0 Å². The molecule has 3 heteroatoms. The molecular formula is C18H15NO2. The van der Waals surface area contributed by atoms with Crippen molar-refractivity contribution in [2.45, 2.75) is 19.3 Å². The number of fused-ring (bicyclic) bond motifs is 1. The molecule has 0 aliphatic heterocycles. The van der Waals surface area contributed by atoms with Gasteiger partial charge in [-0.3, -0.25) is 0 Å². The van der Waals surface area contributed by atoms with Crippen LogP contribution >= 0.6 is 0 Å². The highest BCUT2D eigenvalue weighted by atomic mass is 16.4. The van der Waals surface area contributed by atoms with Crippen LogP contribution in [-0.4, -0.2) is 11.1 Å². The summed E-state index contributed by atoms with van der Waals surface area (Å²) in [5.74, 6) is 5.02. The molecule has 0 amide bonds. The summed E-state index contributed by atoms with van der Waals surface area (Å²) >= 11 is 0. The fourth-order valence-corrected chi connectivity index (χ4v) is 2.65. The lowest BCUT2D eigenvalue weighted by molar-refractivity contribution is 0.0698. The quantitative estimate of drug-likeness (QED) is 0.622. The van der Waals surface area contributed by atoms with Crippen molar-refractivity contribution in [3.8, 4) is 11.8 Å². The summed E-state index contributed by atoms with van der Waals surface area (Å²) in [6.07, 6.45) is 3.47. The van der Waals surface area contributed by atoms with E-state index in [0.717, 1.165) is 18.4 Å². The van der Waals surface area contributed by atoms with Crippen molar-refractivity contribution < 1.29 is 9.90 Å². The molecule has 3 N–H and O–H groups in total. The van der Waals surface area contributed by atoms with E-state index in [9.17, 15) is 4.79 Å². The van der Waals surface area contributed by atoms with Crippen LogP contribution in [0.15, 0.2) is 36.4 Å². The molecule has 1 aliphatic rings. The Balaban J connectivity index is 1.95. The Labute approximate surface area is 123 Å². The summed E-state index contributed by atoms with van der Waals surface area (Å²) < 4.78 is 0. The Morgan fingerprint density at radius 1 is 1.10 bits per heavy atom. The maximum atomic E-state index is 11.0. The summed E-state index contributed by atoms with van der Waals surface area (Å²) in [7, 11) is 0. The van der Waals surface area contributed by atoms with Crippen LogP contribution < -0.4 is 5.73 Å². The molecule has 21 heavy (non-hydrogen) atoms. The van der Waals surface area contributed by atoms with Crippen molar-refractivity contribution in [2.24, 2.45) is 0 Å². The second-order valence-electron chi connectivity index (χ2n) is 5.16. The molecule has 104 valence electrons. The third kappa shape index (κ3) is 2.61. The smallest absolute Gasteiger partial charge is 0.337 e. The van der Waals surface area contributed by atoms with Crippen LogP contribution in [-0.2, 0) is 12.8 Å². The molecule has 2 aromatic carbocycles. The van der Waals surface area contributed by atoms with E-state index >= 15 is 0 Å². The van der Waals surface area contributed by atoms with E-state index in [-0.39, 0.29) is 11.3 Å². The van der Waals surface area contributed by atoms with Crippen LogP contribution in [0, 0.1) is 11.8 Å². The highest BCUT2D eigenvalue weighted by molar-refractivity contribution is 5.95. The normalized spacial score (nSPS) is 12.4. The third-order valence-electron chi connectivity index (χ3n) is 3.78. The first kappa shape index (κ1) is 13.3. The average molecular weight is 277 g/mol. The molecule has 2 aromatic rings. The summed E-state index contributed by atoms with van der Waals surface area (Å²) in [4.78, 5) is 11.0. The minimum absolute atomic E-state index is 0.0933. The number of carboxylic acid groups (broad SMARTS) is 1. The average Bonchev–Trinajstić information content (AvgIpc) is 2.93. The van der Waals surface area contributed by atoms with Crippen LogP contribution in [0.25, 0.3) is 0 Å². The van der Waals surface area contributed by atoms with Crippen molar-refractivity contribution in [3.63, 3.8) is 0 Å². The number of carboxylic acids is 1. The van der Waals surface area contributed by atoms with Gasteiger partial charge in [0, 0.05) is 11.1 Å². The number of aromatic carboxylic acids is 1. The van der Waals surface area contributed by atoms with E-state index in [0.29, 0.717) is 5.56 Å². The maximum absolute atomic E-state index is 11.0. The minimum Gasteiger partial charge on any atom is -0.478 e. The lowest BCUT2D eigenvalue weighted by atomic mass is 10.0. The van der Waals surface area contributed by atoms with Crippen molar-refractivity contribution >= 4 is 11.7 Å². The van der Waals surface area contributed by atoms with Gasteiger partial charge in [0.1, 0.15) is 0 Å². The van der Waals surface area contributed by atoms with E-state index in [1.54, 1.807) is 12.1 Å². The van der Waals surface area contributed by atoms with Gasteiger partial charge in [0.25, 0.3) is 0 Å². The molecule has 1 aliphatic carbocycles. The Bertz CT molecular complexity index is 782. The lowest BCUT2D eigenvalue weighted by Crippen LogP contribution is -2.03. The second-order valence-corrected chi connectivity index (χ2v) is 5.16.